The third-order valence-corrected chi connectivity index (χ3v) is 6.37. The van der Waals surface area contributed by atoms with Crippen LogP contribution in [0.2, 0.25) is 0 Å². The van der Waals surface area contributed by atoms with Crippen LogP contribution < -0.4 is 0 Å². The molecule has 6 nitrogen and oxygen atoms in total. The zero-order valence-electron chi connectivity index (χ0n) is 19.8. The van der Waals surface area contributed by atoms with E-state index in [4.69, 9.17) is 4.42 Å². The minimum atomic E-state index is -4.41. The summed E-state index contributed by atoms with van der Waals surface area (Å²) >= 11 is 0. The number of carbonyl (C=O) groups is 1. The summed E-state index contributed by atoms with van der Waals surface area (Å²) in [6.07, 6.45) is -3.04. The lowest BCUT2D eigenvalue weighted by molar-refractivity contribution is -0.137. The minimum Gasteiger partial charge on any atom is -0.447 e. The standard InChI is InChI=1S/C26H29F3N4O2/c1-19(21-8-4-3-5-9-21)33(16-20-7-6-10-22(15-20)26(27,28)29)17-24-30-23(18-35-24)25(34)32-13-11-31(2)12-14-32/h3-10,15,18-19H,11-14,16-17H2,1-2H3/t19-/m0/s1. The first-order valence-electron chi connectivity index (χ1n) is 11.6. The van der Waals surface area contributed by atoms with Gasteiger partial charge in [0.1, 0.15) is 6.26 Å². The molecule has 4 rings (SSSR count). The molecule has 0 aliphatic carbocycles. The summed E-state index contributed by atoms with van der Waals surface area (Å²) in [7, 11) is 2.02. The minimum absolute atomic E-state index is 0.130. The summed E-state index contributed by atoms with van der Waals surface area (Å²) in [5.41, 5.74) is 1.11. The number of oxazole rings is 1. The van der Waals surface area contributed by atoms with Gasteiger partial charge in [0.15, 0.2) is 5.69 Å². The number of carbonyl (C=O) groups excluding carboxylic acids is 1. The maximum atomic E-state index is 13.3. The number of hydrogen-bond acceptors (Lipinski definition) is 5. The molecule has 1 amide bonds. The van der Waals surface area contributed by atoms with E-state index in [0.29, 0.717) is 24.5 Å². The molecular weight excluding hydrogens is 457 g/mol. The molecule has 0 spiro atoms. The van der Waals surface area contributed by atoms with Gasteiger partial charge in [0, 0.05) is 38.8 Å². The van der Waals surface area contributed by atoms with Crippen molar-refractivity contribution in [2.75, 3.05) is 33.2 Å². The first-order valence-corrected chi connectivity index (χ1v) is 11.6. The maximum Gasteiger partial charge on any atom is 0.416 e. The number of nitrogens with zero attached hydrogens (tertiary/aromatic N) is 4. The smallest absolute Gasteiger partial charge is 0.416 e. The van der Waals surface area contributed by atoms with Crippen LogP contribution in [0, 0.1) is 0 Å². The molecule has 0 saturated carbocycles. The van der Waals surface area contributed by atoms with Crippen molar-refractivity contribution in [1.29, 1.82) is 0 Å². The Bertz CT molecular complexity index is 1120. The van der Waals surface area contributed by atoms with Gasteiger partial charge >= 0.3 is 6.18 Å². The van der Waals surface area contributed by atoms with Gasteiger partial charge in [-0.05, 0) is 31.2 Å². The van der Waals surface area contributed by atoms with Gasteiger partial charge in [0.25, 0.3) is 5.91 Å². The molecule has 35 heavy (non-hydrogen) atoms. The molecule has 9 heteroatoms. The summed E-state index contributed by atoms with van der Waals surface area (Å²) in [4.78, 5) is 23.2. The van der Waals surface area contributed by atoms with E-state index in [-0.39, 0.29) is 30.7 Å². The molecule has 1 aliphatic rings. The quantitative estimate of drug-likeness (QED) is 0.478. The maximum absolute atomic E-state index is 13.3. The highest BCUT2D eigenvalue weighted by Crippen LogP contribution is 2.31. The monoisotopic (exact) mass is 486 g/mol. The summed E-state index contributed by atoms with van der Waals surface area (Å²) in [6, 6.07) is 14.9. The lowest BCUT2D eigenvalue weighted by Gasteiger charge is -2.31. The average Bonchev–Trinajstić information content (AvgIpc) is 3.32. The zero-order chi connectivity index (χ0) is 25.0. The van der Waals surface area contributed by atoms with Crippen LogP contribution in [0.25, 0.3) is 0 Å². The first kappa shape index (κ1) is 24.9. The normalized spacial score (nSPS) is 16.0. The van der Waals surface area contributed by atoms with E-state index in [1.54, 1.807) is 11.0 Å². The fraction of sp³-hybridized carbons (Fsp3) is 0.385. The first-order chi connectivity index (χ1) is 16.7. The lowest BCUT2D eigenvalue weighted by Crippen LogP contribution is -2.47. The van der Waals surface area contributed by atoms with Crippen LogP contribution in [0.4, 0.5) is 13.2 Å². The van der Waals surface area contributed by atoms with Gasteiger partial charge in [0.05, 0.1) is 12.1 Å². The fourth-order valence-electron chi connectivity index (χ4n) is 4.18. The highest BCUT2D eigenvalue weighted by Gasteiger charge is 2.31. The summed E-state index contributed by atoms with van der Waals surface area (Å²) in [6.45, 7) is 5.34. The number of likely N-dealkylation sites (N-methyl/N-ethyl adjacent to an activating group) is 1. The predicted molar refractivity (Wildman–Crippen MR) is 125 cm³/mol. The molecule has 0 radical (unpaired) electrons. The summed E-state index contributed by atoms with van der Waals surface area (Å²) in [5, 5.41) is 0. The van der Waals surface area contributed by atoms with E-state index in [9.17, 15) is 18.0 Å². The Morgan fingerprint density at radius 2 is 1.77 bits per heavy atom. The van der Waals surface area contributed by atoms with E-state index in [1.165, 1.54) is 18.4 Å². The molecule has 0 bridgehead atoms. The molecular formula is C26H29F3N4O2. The van der Waals surface area contributed by atoms with Crippen molar-refractivity contribution in [3.63, 3.8) is 0 Å². The number of hydrogen-bond donors (Lipinski definition) is 0. The molecule has 1 aliphatic heterocycles. The van der Waals surface area contributed by atoms with Crippen LogP contribution in [0.5, 0.6) is 0 Å². The Kier molecular flexibility index (Phi) is 7.57. The van der Waals surface area contributed by atoms with Gasteiger partial charge in [-0.15, -0.1) is 0 Å². The van der Waals surface area contributed by atoms with Gasteiger partial charge in [-0.2, -0.15) is 13.2 Å². The second kappa shape index (κ2) is 10.6. The molecule has 2 aromatic carbocycles. The number of rotatable bonds is 7. The van der Waals surface area contributed by atoms with Crippen LogP contribution >= 0.6 is 0 Å². The van der Waals surface area contributed by atoms with Crippen LogP contribution in [0.3, 0.4) is 0 Å². The van der Waals surface area contributed by atoms with Crippen molar-refractivity contribution in [1.82, 2.24) is 19.7 Å². The van der Waals surface area contributed by atoms with Crippen LogP contribution in [-0.4, -0.2) is 58.8 Å². The molecule has 1 aromatic heterocycles. The van der Waals surface area contributed by atoms with Crippen LogP contribution in [0.15, 0.2) is 65.3 Å². The predicted octanol–water partition coefficient (Wildman–Crippen LogP) is 4.84. The molecule has 0 unspecified atom stereocenters. The largest absolute Gasteiger partial charge is 0.447 e. The highest BCUT2D eigenvalue weighted by molar-refractivity contribution is 5.92. The molecule has 1 atom stereocenters. The van der Waals surface area contributed by atoms with Crippen molar-refractivity contribution >= 4 is 5.91 Å². The number of piperazine rings is 1. The number of halogens is 3. The summed E-state index contributed by atoms with van der Waals surface area (Å²) in [5.74, 6) is 0.172. The van der Waals surface area contributed by atoms with Crippen molar-refractivity contribution < 1.29 is 22.4 Å². The van der Waals surface area contributed by atoms with Crippen molar-refractivity contribution in [3.05, 3.63) is 89.1 Å². The molecule has 1 saturated heterocycles. The van der Waals surface area contributed by atoms with E-state index in [0.717, 1.165) is 24.7 Å². The van der Waals surface area contributed by atoms with Gasteiger partial charge in [0.2, 0.25) is 5.89 Å². The van der Waals surface area contributed by atoms with Crippen molar-refractivity contribution in [2.45, 2.75) is 32.2 Å². The van der Waals surface area contributed by atoms with Crippen LogP contribution in [0.1, 0.15) is 46.0 Å². The average molecular weight is 487 g/mol. The Labute approximate surface area is 203 Å². The second-order valence-electron chi connectivity index (χ2n) is 8.91. The SMILES string of the molecule is C[C@@H](c1ccccc1)N(Cc1cccc(C(F)(F)F)c1)Cc1nc(C(=O)N2CCN(C)CC2)co1. The zero-order valence-corrected chi connectivity index (χ0v) is 19.8. The Balaban J connectivity index is 1.54. The lowest BCUT2D eigenvalue weighted by atomic mass is 10.0. The molecule has 0 N–H and O–H groups in total. The van der Waals surface area contributed by atoms with E-state index < -0.39 is 11.7 Å². The Hall–Kier alpha value is -3.17. The Morgan fingerprint density at radius 3 is 2.46 bits per heavy atom. The topological polar surface area (TPSA) is 52.8 Å². The third-order valence-electron chi connectivity index (χ3n) is 6.37. The Morgan fingerprint density at radius 1 is 1.06 bits per heavy atom. The molecule has 3 aromatic rings. The molecule has 186 valence electrons. The second-order valence-corrected chi connectivity index (χ2v) is 8.91. The van der Waals surface area contributed by atoms with Crippen molar-refractivity contribution in [3.8, 4) is 0 Å². The molecule has 1 fully saturated rings. The highest BCUT2D eigenvalue weighted by atomic mass is 19.4. The third kappa shape index (κ3) is 6.29. The van der Waals surface area contributed by atoms with Gasteiger partial charge in [-0.25, -0.2) is 4.98 Å². The van der Waals surface area contributed by atoms with Crippen molar-refractivity contribution in [2.24, 2.45) is 0 Å². The van der Waals surface area contributed by atoms with E-state index in [1.807, 2.05) is 49.2 Å². The van der Waals surface area contributed by atoms with Crippen LogP contribution in [-0.2, 0) is 19.3 Å². The van der Waals surface area contributed by atoms with Gasteiger partial charge in [-0.1, -0.05) is 48.5 Å². The number of alkyl halides is 3. The summed E-state index contributed by atoms with van der Waals surface area (Å²) < 4.78 is 45.4. The van der Waals surface area contributed by atoms with E-state index >= 15 is 0 Å². The van der Waals surface area contributed by atoms with Gasteiger partial charge in [-0.3, -0.25) is 9.69 Å². The number of benzene rings is 2. The van der Waals surface area contributed by atoms with E-state index in [2.05, 4.69) is 9.88 Å². The molecule has 2 heterocycles. The fourth-order valence-corrected chi connectivity index (χ4v) is 4.18. The number of aromatic nitrogens is 1. The van der Waals surface area contributed by atoms with Gasteiger partial charge < -0.3 is 14.2 Å². The number of amides is 1.